The smallest absolute Gasteiger partial charge is 0.269 e. The van der Waals surface area contributed by atoms with Crippen LogP contribution in [0.5, 0.6) is 0 Å². The number of nitro benzene ring substituents is 1. The standard InChI is InChI=1S/C27H30ClN5O3/c1-4-18(2)25-29-19(3)23(17-20-9-11-21(12-10-20)33(35)36)26(30-25)31-13-15-32(16-14-31)27(34)22-7-5-6-8-24(22)28/h5-12,18H,4,13-17H2,1-3H3. The van der Waals surface area contributed by atoms with Crippen molar-refractivity contribution in [1.29, 1.82) is 0 Å². The second-order valence-electron chi connectivity index (χ2n) is 9.14. The Balaban J connectivity index is 1.59. The van der Waals surface area contributed by atoms with Crippen molar-refractivity contribution >= 4 is 29.0 Å². The number of aryl methyl sites for hydroxylation is 1. The van der Waals surface area contributed by atoms with Crippen molar-refractivity contribution < 1.29 is 9.72 Å². The van der Waals surface area contributed by atoms with Gasteiger partial charge in [0.05, 0.1) is 15.5 Å². The average molecular weight is 508 g/mol. The molecule has 1 aliphatic heterocycles. The number of benzene rings is 2. The number of aromatic nitrogens is 2. The number of piperazine rings is 1. The van der Waals surface area contributed by atoms with Crippen LogP contribution in [0.15, 0.2) is 48.5 Å². The van der Waals surface area contributed by atoms with Gasteiger partial charge in [0.2, 0.25) is 0 Å². The lowest BCUT2D eigenvalue weighted by Gasteiger charge is -2.37. The lowest BCUT2D eigenvalue weighted by atomic mass is 10.0. The molecule has 2 aromatic carbocycles. The average Bonchev–Trinajstić information content (AvgIpc) is 2.89. The number of rotatable bonds is 7. The zero-order valence-corrected chi connectivity index (χ0v) is 21.5. The van der Waals surface area contributed by atoms with E-state index in [4.69, 9.17) is 21.6 Å². The number of carbonyl (C=O) groups is 1. The number of non-ortho nitro benzene ring substituents is 1. The van der Waals surface area contributed by atoms with Gasteiger partial charge >= 0.3 is 0 Å². The first-order valence-electron chi connectivity index (χ1n) is 12.2. The summed E-state index contributed by atoms with van der Waals surface area (Å²) in [5.74, 6) is 1.84. The molecule has 2 heterocycles. The van der Waals surface area contributed by atoms with Gasteiger partial charge in [-0.1, -0.05) is 49.7 Å². The van der Waals surface area contributed by atoms with Gasteiger partial charge in [0.15, 0.2) is 0 Å². The molecule has 4 rings (SSSR count). The van der Waals surface area contributed by atoms with Crippen LogP contribution in [0.2, 0.25) is 5.02 Å². The number of amides is 1. The van der Waals surface area contributed by atoms with Crippen LogP contribution in [0.3, 0.4) is 0 Å². The highest BCUT2D eigenvalue weighted by Gasteiger charge is 2.27. The van der Waals surface area contributed by atoms with Crippen molar-refractivity contribution in [2.24, 2.45) is 0 Å². The summed E-state index contributed by atoms with van der Waals surface area (Å²) in [6, 6.07) is 13.7. The number of hydrogen-bond donors (Lipinski definition) is 0. The van der Waals surface area contributed by atoms with Gasteiger partial charge in [0.25, 0.3) is 11.6 Å². The molecule has 8 nitrogen and oxygen atoms in total. The SMILES string of the molecule is CCC(C)c1nc(C)c(Cc2ccc([N+](=O)[O-])cc2)c(N2CCN(C(=O)c3ccccc3Cl)CC2)n1. The monoisotopic (exact) mass is 507 g/mol. The topological polar surface area (TPSA) is 92.5 Å². The fourth-order valence-corrected chi connectivity index (χ4v) is 4.56. The third-order valence-corrected chi connectivity index (χ3v) is 7.09. The Bertz CT molecular complexity index is 1260. The third-order valence-electron chi connectivity index (χ3n) is 6.76. The van der Waals surface area contributed by atoms with Crippen molar-refractivity contribution in [2.75, 3.05) is 31.1 Å². The molecule has 1 saturated heterocycles. The molecule has 0 aliphatic carbocycles. The van der Waals surface area contributed by atoms with Crippen molar-refractivity contribution in [3.05, 3.63) is 91.9 Å². The minimum absolute atomic E-state index is 0.0643. The van der Waals surface area contributed by atoms with E-state index in [0.717, 1.165) is 34.9 Å². The Hall–Kier alpha value is -3.52. The van der Waals surface area contributed by atoms with Crippen LogP contribution < -0.4 is 4.90 Å². The van der Waals surface area contributed by atoms with Gasteiger partial charge in [-0.25, -0.2) is 9.97 Å². The summed E-state index contributed by atoms with van der Waals surface area (Å²) >= 11 is 6.25. The first-order chi connectivity index (χ1) is 17.3. The summed E-state index contributed by atoms with van der Waals surface area (Å²) in [4.78, 5) is 37.5. The van der Waals surface area contributed by atoms with Gasteiger partial charge in [0, 0.05) is 61.9 Å². The minimum Gasteiger partial charge on any atom is -0.353 e. The lowest BCUT2D eigenvalue weighted by Crippen LogP contribution is -2.49. The van der Waals surface area contributed by atoms with E-state index < -0.39 is 4.92 Å². The summed E-state index contributed by atoms with van der Waals surface area (Å²) in [6.07, 6.45) is 1.50. The van der Waals surface area contributed by atoms with E-state index in [1.807, 2.05) is 24.0 Å². The summed E-state index contributed by atoms with van der Waals surface area (Å²) in [7, 11) is 0. The highest BCUT2D eigenvalue weighted by atomic mass is 35.5. The molecule has 188 valence electrons. The van der Waals surface area contributed by atoms with E-state index in [1.165, 1.54) is 12.1 Å². The molecule has 9 heteroatoms. The largest absolute Gasteiger partial charge is 0.353 e. The summed E-state index contributed by atoms with van der Waals surface area (Å²) in [5, 5.41) is 11.5. The normalized spacial score (nSPS) is 14.6. The predicted molar refractivity (Wildman–Crippen MR) is 141 cm³/mol. The van der Waals surface area contributed by atoms with Gasteiger partial charge in [-0.05, 0) is 31.0 Å². The van der Waals surface area contributed by atoms with Crippen molar-refractivity contribution in [2.45, 2.75) is 39.5 Å². The summed E-state index contributed by atoms with van der Waals surface area (Å²) in [5.41, 5.74) is 3.45. The summed E-state index contributed by atoms with van der Waals surface area (Å²) < 4.78 is 0. The molecule has 0 radical (unpaired) electrons. The van der Waals surface area contributed by atoms with E-state index in [-0.39, 0.29) is 17.5 Å². The molecular formula is C27H30ClN5O3. The molecule has 1 fully saturated rings. The van der Waals surface area contributed by atoms with Gasteiger partial charge in [0.1, 0.15) is 11.6 Å². The van der Waals surface area contributed by atoms with E-state index in [0.29, 0.717) is 43.2 Å². The van der Waals surface area contributed by atoms with Crippen molar-refractivity contribution in [1.82, 2.24) is 14.9 Å². The molecule has 0 N–H and O–H groups in total. The predicted octanol–water partition coefficient (Wildman–Crippen LogP) is 5.41. The van der Waals surface area contributed by atoms with Crippen LogP contribution in [0.25, 0.3) is 0 Å². The highest BCUT2D eigenvalue weighted by molar-refractivity contribution is 6.33. The van der Waals surface area contributed by atoms with Crippen LogP contribution in [0, 0.1) is 17.0 Å². The Morgan fingerprint density at radius 2 is 1.75 bits per heavy atom. The first kappa shape index (κ1) is 25.6. The van der Waals surface area contributed by atoms with Crippen LogP contribution in [-0.4, -0.2) is 51.9 Å². The number of anilines is 1. The van der Waals surface area contributed by atoms with Crippen molar-refractivity contribution in [3.8, 4) is 0 Å². The number of nitrogens with zero attached hydrogens (tertiary/aromatic N) is 5. The van der Waals surface area contributed by atoms with E-state index in [1.54, 1.807) is 24.3 Å². The zero-order valence-electron chi connectivity index (χ0n) is 20.8. The number of hydrogen-bond acceptors (Lipinski definition) is 6. The maximum absolute atomic E-state index is 13.0. The Labute approximate surface area is 216 Å². The van der Waals surface area contributed by atoms with E-state index in [2.05, 4.69) is 18.7 Å². The highest BCUT2D eigenvalue weighted by Crippen LogP contribution is 2.29. The second-order valence-corrected chi connectivity index (χ2v) is 9.55. The molecule has 0 spiro atoms. The molecule has 1 atom stereocenters. The molecule has 1 amide bonds. The fourth-order valence-electron chi connectivity index (χ4n) is 4.34. The Morgan fingerprint density at radius 1 is 1.08 bits per heavy atom. The lowest BCUT2D eigenvalue weighted by molar-refractivity contribution is -0.384. The molecule has 0 saturated carbocycles. The van der Waals surface area contributed by atoms with Gasteiger partial charge in [-0.15, -0.1) is 0 Å². The second kappa shape index (κ2) is 11.0. The van der Waals surface area contributed by atoms with E-state index >= 15 is 0 Å². The maximum Gasteiger partial charge on any atom is 0.269 e. The van der Waals surface area contributed by atoms with Gasteiger partial charge in [-0.3, -0.25) is 14.9 Å². The van der Waals surface area contributed by atoms with Crippen LogP contribution in [0.1, 0.15) is 59.2 Å². The van der Waals surface area contributed by atoms with Crippen molar-refractivity contribution in [3.63, 3.8) is 0 Å². The first-order valence-corrected chi connectivity index (χ1v) is 12.6. The summed E-state index contributed by atoms with van der Waals surface area (Å²) in [6.45, 7) is 8.63. The number of halogens is 1. The molecule has 3 aromatic rings. The fraction of sp³-hybridized carbons (Fsp3) is 0.370. The van der Waals surface area contributed by atoms with Crippen LogP contribution in [-0.2, 0) is 6.42 Å². The maximum atomic E-state index is 13.0. The van der Waals surface area contributed by atoms with Gasteiger partial charge in [-0.2, -0.15) is 0 Å². The quantitative estimate of drug-likeness (QED) is 0.313. The molecule has 1 unspecified atom stereocenters. The molecular weight excluding hydrogens is 478 g/mol. The molecule has 36 heavy (non-hydrogen) atoms. The zero-order chi connectivity index (χ0) is 25.8. The molecule has 1 aromatic heterocycles. The Morgan fingerprint density at radius 3 is 2.36 bits per heavy atom. The minimum atomic E-state index is -0.395. The molecule has 1 aliphatic rings. The van der Waals surface area contributed by atoms with Crippen LogP contribution in [0.4, 0.5) is 11.5 Å². The Kier molecular flexibility index (Phi) is 7.84. The number of carbonyl (C=O) groups excluding carboxylic acids is 1. The van der Waals surface area contributed by atoms with Gasteiger partial charge < -0.3 is 9.80 Å². The number of nitro groups is 1. The van der Waals surface area contributed by atoms with Crippen LogP contribution >= 0.6 is 11.6 Å². The third kappa shape index (κ3) is 5.49. The molecule has 0 bridgehead atoms. The van der Waals surface area contributed by atoms with E-state index in [9.17, 15) is 14.9 Å².